The predicted molar refractivity (Wildman–Crippen MR) is 57.9 cm³/mol. The summed E-state index contributed by atoms with van der Waals surface area (Å²) in [5.41, 5.74) is 1.81. The van der Waals surface area contributed by atoms with E-state index < -0.39 is 11.3 Å². The van der Waals surface area contributed by atoms with E-state index in [2.05, 4.69) is 9.99 Å². The standard InChI is InChI=1S/C11H10ClNO2/c12-10-9(13-15-11(10)14)7-6-8-4-2-1-3-5-8/h1-5,10H,6-7H2. The van der Waals surface area contributed by atoms with Crippen LogP contribution in [0.4, 0.5) is 0 Å². The molecule has 1 aromatic rings. The van der Waals surface area contributed by atoms with Gasteiger partial charge in [-0.15, -0.1) is 11.6 Å². The Morgan fingerprint density at radius 3 is 2.60 bits per heavy atom. The van der Waals surface area contributed by atoms with Gasteiger partial charge in [0.15, 0.2) is 5.38 Å². The third-order valence-electron chi connectivity index (χ3n) is 2.27. The number of hydrogen-bond donors (Lipinski definition) is 0. The molecular formula is C11H10ClNO2. The van der Waals surface area contributed by atoms with E-state index in [1.807, 2.05) is 30.3 Å². The quantitative estimate of drug-likeness (QED) is 0.582. The Morgan fingerprint density at radius 1 is 1.27 bits per heavy atom. The molecule has 0 saturated heterocycles. The first-order chi connectivity index (χ1) is 7.27. The van der Waals surface area contributed by atoms with Crippen LogP contribution in [0.15, 0.2) is 35.5 Å². The van der Waals surface area contributed by atoms with Crippen LogP contribution in [0.25, 0.3) is 0 Å². The van der Waals surface area contributed by atoms with Crippen LogP contribution in [0.3, 0.4) is 0 Å². The molecule has 4 heteroatoms. The first kappa shape index (κ1) is 10.2. The number of alkyl halides is 1. The Morgan fingerprint density at radius 2 is 2.00 bits per heavy atom. The lowest BCUT2D eigenvalue weighted by Gasteiger charge is -2.01. The topological polar surface area (TPSA) is 38.7 Å². The lowest BCUT2D eigenvalue weighted by Crippen LogP contribution is -2.18. The second-order valence-corrected chi connectivity index (χ2v) is 3.78. The summed E-state index contributed by atoms with van der Waals surface area (Å²) in [4.78, 5) is 15.4. The molecule has 0 amide bonds. The maximum absolute atomic E-state index is 10.9. The Labute approximate surface area is 92.7 Å². The molecule has 1 unspecified atom stereocenters. The van der Waals surface area contributed by atoms with Gasteiger partial charge in [-0.3, -0.25) is 0 Å². The normalized spacial score (nSPS) is 19.9. The molecule has 1 atom stereocenters. The minimum absolute atomic E-state index is 0.472. The largest absolute Gasteiger partial charge is 0.358 e. The van der Waals surface area contributed by atoms with Crippen LogP contribution in [-0.2, 0) is 16.1 Å². The van der Waals surface area contributed by atoms with Gasteiger partial charge in [0.2, 0.25) is 0 Å². The van der Waals surface area contributed by atoms with Gasteiger partial charge in [0.05, 0.1) is 5.71 Å². The van der Waals surface area contributed by atoms with Gasteiger partial charge in [0.1, 0.15) is 0 Å². The van der Waals surface area contributed by atoms with Crippen LogP contribution >= 0.6 is 11.6 Å². The molecule has 0 spiro atoms. The fraction of sp³-hybridized carbons (Fsp3) is 0.273. The Kier molecular flexibility index (Phi) is 3.02. The first-order valence-electron chi connectivity index (χ1n) is 4.73. The number of nitrogens with zero attached hydrogens (tertiary/aromatic N) is 1. The number of oxime groups is 1. The molecule has 1 heterocycles. The highest BCUT2D eigenvalue weighted by molar-refractivity contribution is 6.42. The van der Waals surface area contributed by atoms with Crippen molar-refractivity contribution >= 4 is 23.3 Å². The van der Waals surface area contributed by atoms with Gasteiger partial charge in [-0.25, -0.2) is 4.79 Å². The molecule has 3 nitrogen and oxygen atoms in total. The maximum Gasteiger partial charge on any atom is 0.358 e. The van der Waals surface area contributed by atoms with E-state index in [1.165, 1.54) is 5.56 Å². The Bertz CT molecular complexity index is 389. The fourth-order valence-electron chi connectivity index (χ4n) is 1.42. The van der Waals surface area contributed by atoms with Crippen LogP contribution < -0.4 is 0 Å². The summed E-state index contributed by atoms with van der Waals surface area (Å²) in [5.74, 6) is -0.472. The summed E-state index contributed by atoms with van der Waals surface area (Å²) in [7, 11) is 0. The summed E-state index contributed by atoms with van der Waals surface area (Å²) in [6, 6.07) is 9.98. The highest BCUT2D eigenvalue weighted by atomic mass is 35.5. The third-order valence-corrected chi connectivity index (χ3v) is 2.70. The summed E-state index contributed by atoms with van der Waals surface area (Å²) >= 11 is 5.79. The van der Waals surface area contributed by atoms with Crippen LogP contribution in [0.2, 0.25) is 0 Å². The highest BCUT2D eigenvalue weighted by Gasteiger charge is 2.29. The van der Waals surface area contributed by atoms with E-state index in [4.69, 9.17) is 11.6 Å². The predicted octanol–water partition coefficient (Wildman–Crippen LogP) is 2.14. The Balaban J connectivity index is 1.92. The molecule has 0 aliphatic carbocycles. The second kappa shape index (κ2) is 4.45. The van der Waals surface area contributed by atoms with Gasteiger partial charge in [-0.2, -0.15) is 0 Å². The molecule has 0 N–H and O–H groups in total. The highest BCUT2D eigenvalue weighted by Crippen LogP contribution is 2.15. The van der Waals surface area contributed by atoms with Gasteiger partial charge in [0.25, 0.3) is 0 Å². The van der Waals surface area contributed by atoms with E-state index in [0.717, 1.165) is 6.42 Å². The SMILES string of the molecule is O=C1ON=C(CCc2ccccc2)C1Cl. The lowest BCUT2D eigenvalue weighted by molar-refractivity contribution is -0.139. The number of rotatable bonds is 3. The van der Waals surface area contributed by atoms with Gasteiger partial charge in [-0.05, 0) is 18.4 Å². The molecule has 15 heavy (non-hydrogen) atoms. The van der Waals surface area contributed by atoms with E-state index in [0.29, 0.717) is 12.1 Å². The number of carbonyl (C=O) groups is 1. The lowest BCUT2D eigenvalue weighted by atomic mass is 10.1. The van der Waals surface area contributed by atoms with Crippen LogP contribution in [0.1, 0.15) is 12.0 Å². The number of hydrogen-bond acceptors (Lipinski definition) is 3. The Hall–Kier alpha value is -1.35. The maximum atomic E-state index is 10.9. The molecule has 0 aromatic heterocycles. The van der Waals surface area contributed by atoms with Gasteiger partial charge in [-0.1, -0.05) is 35.5 Å². The molecule has 1 aromatic carbocycles. The molecular weight excluding hydrogens is 214 g/mol. The third kappa shape index (κ3) is 2.36. The second-order valence-electron chi connectivity index (χ2n) is 3.34. The van der Waals surface area contributed by atoms with Crippen molar-refractivity contribution in [2.45, 2.75) is 18.2 Å². The van der Waals surface area contributed by atoms with E-state index in [9.17, 15) is 4.79 Å². The van der Waals surface area contributed by atoms with Crippen molar-refractivity contribution in [2.24, 2.45) is 5.16 Å². The fourth-order valence-corrected chi connectivity index (χ4v) is 1.61. The van der Waals surface area contributed by atoms with Crippen LogP contribution in [0.5, 0.6) is 0 Å². The zero-order valence-electron chi connectivity index (χ0n) is 8.02. The average Bonchev–Trinajstić information content (AvgIpc) is 2.59. The number of carbonyl (C=O) groups excluding carboxylic acids is 1. The zero-order chi connectivity index (χ0) is 10.7. The molecule has 1 aliphatic rings. The minimum Gasteiger partial charge on any atom is -0.316 e. The summed E-state index contributed by atoms with van der Waals surface area (Å²) in [6.45, 7) is 0. The molecule has 1 aliphatic heterocycles. The number of halogens is 1. The molecule has 0 fully saturated rings. The number of aryl methyl sites for hydroxylation is 1. The average molecular weight is 224 g/mol. The van der Waals surface area contributed by atoms with Crippen LogP contribution in [-0.4, -0.2) is 17.1 Å². The van der Waals surface area contributed by atoms with Crippen molar-refractivity contribution in [3.05, 3.63) is 35.9 Å². The monoisotopic (exact) mass is 223 g/mol. The van der Waals surface area contributed by atoms with E-state index >= 15 is 0 Å². The van der Waals surface area contributed by atoms with Gasteiger partial charge in [0, 0.05) is 0 Å². The molecule has 78 valence electrons. The van der Waals surface area contributed by atoms with Crippen molar-refractivity contribution in [2.75, 3.05) is 0 Å². The molecule has 0 radical (unpaired) electrons. The molecule has 2 rings (SSSR count). The van der Waals surface area contributed by atoms with Crippen molar-refractivity contribution in [3.63, 3.8) is 0 Å². The van der Waals surface area contributed by atoms with E-state index in [1.54, 1.807) is 0 Å². The molecule has 0 saturated carbocycles. The first-order valence-corrected chi connectivity index (χ1v) is 5.16. The summed E-state index contributed by atoms with van der Waals surface area (Å²) < 4.78 is 0. The van der Waals surface area contributed by atoms with Crippen LogP contribution in [0, 0.1) is 0 Å². The van der Waals surface area contributed by atoms with Crippen molar-refractivity contribution in [1.29, 1.82) is 0 Å². The van der Waals surface area contributed by atoms with Crippen molar-refractivity contribution < 1.29 is 9.63 Å². The van der Waals surface area contributed by atoms with Crippen molar-refractivity contribution in [1.82, 2.24) is 0 Å². The van der Waals surface area contributed by atoms with E-state index in [-0.39, 0.29) is 0 Å². The smallest absolute Gasteiger partial charge is 0.316 e. The minimum atomic E-state index is -0.700. The summed E-state index contributed by atoms with van der Waals surface area (Å²) in [5, 5.41) is 2.95. The summed E-state index contributed by atoms with van der Waals surface area (Å²) in [6.07, 6.45) is 1.48. The van der Waals surface area contributed by atoms with Gasteiger partial charge < -0.3 is 4.84 Å². The van der Waals surface area contributed by atoms with Crippen molar-refractivity contribution in [3.8, 4) is 0 Å². The zero-order valence-corrected chi connectivity index (χ0v) is 8.78. The molecule has 0 bridgehead atoms. The van der Waals surface area contributed by atoms with Gasteiger partial charge >= 0.3 is 5.97 Å². The number of benzene rings is 1.